The van der Waals surface area contributed by atoms with Crippen LogP contribution in [0.4, 0.5) is 5.69 Å². The van der Waals surface area contributed by atoms with E-state index in [2.05, 4.69) is 10.6 Å². The van der Waals surface area contributed by atoms with Crippen LogP contribution in [0.5, 0.6) is 0 Å². The van der Waals surface area contributed by atoms with Crippen LogP contribution in [0, 0.1) is 0 Å². The quantitative estimate of drug-likeness (QED) is 0.737. The van der Waals surface area contributed by atoms with Crippen molar-refractivity contribution in [2.45, 2.75) is 32.4 Å². The summed E-state index contributed by atoms with van der Waals surface area (Å²) in [5.74, 6) is -0.0824. The van der Waals surface area contributed by atoms with Crippen LogP contribution in [-0.4, -0.2) is 23.7 Å². The Morgan fingerprint density at radius 1 is 1.13 bits per heavy atom. The molecule has 2 unspecified atom stereocenters. The molecule has 0 fully saturated rings. The van der Waals surface area contributed by atoms with Gasteiger partial charge in [-0.15, -0.1) is 0 Å². The number of rotatable bonds is 7. The van der Waals surface area contributed by atoms with Crippen molar-refractivity contribution in [3.63, 3.8) is 0 Å². The zero-order valence-electron chi connectivity index (χ0n) is 13.6. The molecule has 2 aromatic carbocycles. The average molecular weight is 312 g/mol. The molecule has 0 heterocycles. The van der Waals surface area contributed by atoms with Crippen molar-refractivity contribution in [1.29, 1.82) is 0 Å². The fourth-order valence-corrected chi connectivity index (χ4v) is 2.48. The first-order valence-corrected chi connectivity index (χ1v) is 7.87. The van der Waals surface area contributed by atoms with Crippen molar-refractivity contribution in [3.05, 3.63) is 65.7 Å². The first-order chi connectivity index (χ1) is 11.0. The second-order valence-electron chi connectivity index (χ2n) is 5.78. The highest BCUT2D eigenvalue weighted by atomic mass is 16.3. The number of aliphatic hydroxyl groups excluding tert-OH is 1. The molecule has 0 bridgehead atoms. The summed E-state index contributed by atoms with van der Waals surface area (Å²) in [5.41, 5.74) is 2.98. The molecular weight excluding hydrogens is 288 g/mol. The number of nitrogens with one attached hydrogen (secondary N) is 2. The zero-order chi connectivity index (χ0) is 16.7. The van der Waals surface area contributed by atoms with E-state index in [9.17, 15) is 9.90 Å². The molecule has 122 valence electrons. The fraction of sp³-hybridized carbons (Fsp3) is 0.316. The number of amides is 1. The number of anilines is 1. The molecule has 4 nitrogen and oxygen atoms in total. The van der Waals surface area contributed by atoms with Gasteiger partial charge in [0.1, 0.15) is 0 Å². The maximum absolute atomic E-state index is 11.1. The molecule has 0 aliphatic heterocycles. The molecule has 2 rings (SSSR count). The van der Waals surface area contributed by atoms with Crippen LogP contribution in [0.1, 0.15) is 31.0 Å². The van der Waals surface area contributed by atoms with Gasteiger partial charge >= 0.3 is 0 Å². The van der Waals surface area contributed by atoms with Gasteiger partial charge in [-0.2, -0.15) is 0 Å². The van der Waals surface area contributed by atoms with Crippen molar-refractivity contribution in [2.75, 3.05) is 11.9 Å². The average Bonchev–Trinajstić information content (AvgIpc) is 2.53. The summed E-state index contributed by atoms with van der Waals surface area (Å²) in [6.45, 7) is 4.05. The first-order valence-electron chi connectivity index (χ1n) is 7.87. The highest BCUT2D eigenvalue weighted by Crippen LogP contribution is 2.17. The summed E-state index contributed by atoms with van der Waals surface area (Å²) in [6.07, 6.45) is 0.199. The van der Waals surface area contributed by atoms with E-state index in [1.54, 1.807) is 0 Å². The highest BCUT2D eigenvalue weighted by Gasteiger charge is 2.10. The van der Waals surface area contributed by atoms with Crippen LogP contribution in [-0.2, 0) is 11.2 Å². The number of hydrogen-bond acceptors (Lipinski definition) is 3. The first kappa shape index (κ1) is 17.2. The predicted octanol–water partition coefficient (Wildman–Crippen LogP) is 2.90. The molecule has 2 atom stereocenters. The molecule has 0 aliphatic rings. The summed E-state index contributed by atoms with van der Waals surface area (Å²) in [5, 5.41) is 16.3. The molecule has 0 radical (unpaired) electrons. The smallest absolute Gasteiger partial charge is 0.221 e. The lowest BCUT2D eigenvalue weighted by Crippen LogP contribution is -2.30. The Bertz CT molecular complexity index is 628. The summed E-state index contributed by atoms with van der Waals surface area (Å²) < 4.78 is 0. The van der Waals surface area contributed by atoms with Crippen LogP contribution in [0.25, 0.3) is 0 Å². The Morgan fingerprint density at radius 2 is 1.87 bits per heavy atom. The molecule has 0 aromatic heterocycles. The summed E-state index contributed by atoms with van der Waals surface area (Å²) in [4.78, 5) is 11.1. The lowest BCUT2D eigenvalue weighted by Gasteiger charge is -2.18. The third kappa shape index (κ3) is 5.85. The topological polar surface area (TPSA) is 61.4 Å². The summed E-state index contributed by atoms with van der Waals surface area (Å²) in [7, 11) is 0. The largest absolute Gasteiger partial charge is 0.391 e. The van der Waals surface area contributed by atoms with Gasteiger partial charge in [0.2, 0.25) is 5.91 Å². The van der Waals surface area contributed by atoms with Gasteiger partial charge in [0.15, 0.2) is 0 Å². The number of hydrogen-bond donors (Lipinski definition) is 3. The molecule has 3 N–H and O–H groups in total. The maximum Gasteiger partial charge on any atom is 0.221 e. The van der Waals surface area contributed by atoms with Crippen LogP contribution >= 0.6 is 0 Å². The molecule has 0 saturated carbocycles. The molecule has 0 aliphatic carbocycles. The number of benzene rings is 2. The predicted molar refractivity (Wildman–Crippen MR) is 93.3 cm³/mol. The van der Waals surface area contributed by atoms with Crippen LogP contribution < -0.4 is 10.6 Å². The summed E-state index contributed by atoms with van der Waals surface area (Å²) >= 11 is 0. The van der Waals surface area contributed by atoms with Crippen molar-refractivity contribution < 1.29 is 9.90 Å². The van der Waals surface area contributed by atoms with Crippen molar-refractivity contribution in [3.8, 4) is 0 Å². The molecule has 0 saturated heterocycles. The Balaban J connectivity index is 1.86. The van der Waals surface area contributed by atoms with Gasteiger partial charge < -0.3 is 15.7 Å². The van der Waals surface area contributed by atoms with E-state index in [0.29, 0.717) is 13.0 Å². The molecule has 23 heavy (non-hydrogen) atoms. The van der Waals surface area contributed by atoms with E-state index in [4.69, 9.17) is 0 Å². The Morgan fingerprint density at radius 3 is 2.57 bits per heavy atom. The highest BCUT2D eigenvalue weighted by molar-refractivity contribution is 5.88. The van der Waals surface area contributed by atoms with Gasteiger partial charge in [-0.05, 0) is 36.6 Å². The number of aliphatic hydroxyl groups is 1. The standard InChI is InChI=1S/C19H24N2O2/c1-14(17-9-6-10-18(12-17)21-15(2)22)20-13-19(23)11-16-7-4-3-5-8-16/h3-10,12,14,19-20,23H,11,13H2,1-2H3,(H,21,22). The van der Waals surface area contributed by atoms with Gasteiger partial charge in [-0.25, -0.2) is 0 Å². The molecule has 2 aromatic rings. The van der Waals surface area contributed by atoms with E-state index in [1.807, 2.05) is 61.5 Å². The van der Waals surface area contributed by atoms with E-state index in [0.717, 1.165) is 16.8 Å². The van der Waals surface area contributed by atoms with Crippen molar-refractivity contribution in [2.24, 2.45) is 0 Å². The fourth-order valence-electron chi connectivity index (χ4n) is 2.48. The molecule has 1 amide bonds. The molecule has 0 spiro atoms. The zero-order valence-corrected chi connectivity index (χ0v) is 13.6. The van der Waals surface area contributed by atoms with E-state index < -0.39 is 6.10 Å². The third-order valence-corrected chi connectivity index (χ3v) is 3.68. The monoisotopic (exact) mass is 312 g/mol. The van der Waals surface area contributed by atoms with Crippen LogP contribution in [0.15, 0.2) is 54.6 Å². The second kappa shape index (κ2) is 8.46. The Hall–Kier alpha value is -2.17. The van der Waals surface area contributed by atoms with Gasteiger partial charge in [0.25, 0.3) is 0 Å². The third-order valence-electron chi connectivity index (χ3n) is 3.68. The van der Waals surface area contributed by atoms with E-state index in [1.165, 1.54) is 6.92 Å². The SMILES string of the molecule is CC(=O)Nc1cccc(C(C)NCC(O)Cc2ccccc2)c1. The Labute approximate surface area is 137 Å². The van der Waals surface area contributed by atoms with Gasteiger partial charge in [0.05, 0.1) is 6.10 Å². The minimum Gasteiger partial charge on any atom is -0.391 e. The minimum atomic E-state index is -0.432. The van der Waals surface area contributed by atoms with Crippen LogP contribution in [0.3, 0.4) is 0 Å². The molecular formula is C19H24N2O2. The minimum absolute atomic E-state index is 0.0824. The normalized spacial score (nSPS) is 13.3. The number of carbonyl (C=O) groups is 1. The van der Waals surface area contributed by atoms with Crippen molar-refractivity contribution >= 4 is 11.6 Å². The lowest BCUT2D eigenvalue weighted by atomic mass is 10.1. The molecule has 4 heteroatoms. The van der Waals surface area contributed by atoms with Gasteiger partial charge in [-0.1, -0.05) is 42.5 Å². The lowest BCUT2D eigenvalue weighted by molar-refractivity contribution is -0.114. The van der Waals surface area contributed by atoms with Crippen molar-refractivity contribution in [1.82, 2.24) is 5.32 Å². The van der Waals surface area contributed by atoms with Gasteiger partial charge in [-0.3, -0.25) is 4.79 Å². The Kier molecular flexibility index (Phi) is 6.32. The number of carbonyl (C=O) groups excluding carboxylic acids is 1. The van der Waals surface area contributed by atoms with E-state index in [-0.39, 0.29) is 11.9 Å². The van der Waals surface area contributed by atoms with Gasteiger partial charge in [0, 0.05) is 25.2 Å². The van der Waals surface area contributed by atoms with Crippen LogP contribution in [0.2, 0.25) is 0 Å². The summed E-state index contributed by atoms with van der Waals surface area (Å²) in [6, 6.07) is 17.8. The maximum atomic E-state index is 11.1. The van der Waals surface area contributed by atoms with E-state index >= 15 is 0 Å². The second-order valence-corrected chi connectivity index (χ2v) is 5.78.